The van der Waals surface area contributed by atoms with Gasteiger partial charge in [-0.25, -0.2) is 0 Å². The van der Waals surface area contributed by atoms with E-state index in [-0.39, 0.29) is 0 Å². The quantitative estimate of drug-likeness (QED) is 0.606. The van der Waals surface area contributed by atoms with E-state index in [2.05, 4.69) is 30.8 Å². The van der Waals surface area contributed by atoms with E-state index < -0.39 is 0 Å². The number of anilines is 2. The van der Waals surface area contributed by atoms with Crippen molar-refractivity contribution in [3.63, 3.8) is 0 Å². The van der Waals surface area contributed by atoms with Crippen molar-refractivity contribution in [2.75, 3.05) is 5.32 Å². The molecule has 3 aromatic heterocycles. The molecular weight excluding hydrogens is 278 g/mol. The molecule has 7 heteroatoms. The van der Waals surface area contributed by atoms with Crippen LogP contribution in [-0.2, 0) is 0 Å². The number of aromatic amines is 1. The zero-order chi connectivity index (χ0) is 14.9. The largest absolute Gasteiger partial charge is 0.336 e. The first kappa shape index (κ1) is 12.5. The van der Waals surface area contributed by atoms with Crippen molar-refractivity contribution < 1.29 is 0 Å². The van der Waals surface area contributed by atoms with Gasteiger partial charge in [0.05, 0.1) is 17.6 Å². The Kier molecular flexibility index (Phi) is 2.82. The summed E-state index contributed by atoms with van der Waals surface area (Å²) in [5.74, 6) is 1.41. The zero-order valence-corrected chi connectivity index (χ0v) is 11.9. The van der Waals surface area contributed by atoms with E-state index in [0.29, 0.717) is 17.3 Å². The fourth-order valence-corrected chi connectivity index (χ4v) is 2.24. The van der Waals surface area contributed by atoms with Crippen LogP contribution in [0.4, 0.5) is 11.5 Å². The van der Waals surface area contributed by atoms with Gasteiger partial charge in [-0.15, -0.1) is 15.3 Å². The van der Waals surface area contributed by atoms with Gasteiger partial charge in [-0.2, -0.15) is 9.61 Å². The Morgan fingerprint density at radius 2 is 1.91 bits per heavy atom. The van der Waals surface area contributed by atoms with Gasteiger partial charge in [0.15, 0.2) is 17.3 Å². The summed E-state index contributed by atoms with van der Waals surface area (Å²) in [4.78, 5) is 0. The highest BCUT2D eigenvalue weighted by atomic mass is 15.4. The maximum Gasteiger partial charge on any atom is 0.185 e. The minimum Gasteiger partial charge on any atom is -0.336 e. The topological polar surface area (TPSA) is 83.8 Å². The van der Waals surface area contributed by atoms with Crippen LogP contribution in [0.15, 0.2) is 48.7 Å². The summed E-state index contributed by atoms with van der Waals surface area (Å²) >= 11 is 0. The summed E-state index contributed by atoms with van der Waals surface area (Å²) in [6, 6.07) is 13.6. The van der Waals surface area contributed by atoms with E-state index in [1.54, 1.807) is 10.7 Å². The maximum absolute atomic E-state index is 4.57. The molecule has 108 valence electrons. The van der Waals surface area contributed by atoms with Crippen molar-refractivity contribution in [2.45, 2.75) is 6.92 Å². The lowest BCUT2D eigenvalue weighted by Crippen LogP contribution is -2.00. The SMILES string of the molecule is Cc1[nH]ncc1Nc1ccc2nnc(-c3ccccc3)n2n1. The van der Waals surface area contributed by atoms with Crippen LogP contribution >= 0.6 is 0 Å². The van der Waals surface area contributed by atoms with Crippen molar-refractivity contribution in [1.29, 1.82) is 0 Å². The number of rotatable bonds is 3. The molecule has 0 bridgehead atoms. The fourth-order valence-electron chi connectivity index (χ4n) is 2.24. The number of H-pyrrole nitrogens is 1. The number of nitrogens with one attached hydrogen (secondary N) is 2. The summed E-state index contributed by atoms with van der Waals surface area (Å²) in [6.45, 7) is 1.95. The molecule has 0 aliphatic rings. The van der Waals surface area contributed by atoms with Crippen molar-refractivity contribution in [3.8, 4) is 11.4 Å². The molecule has 1 aromatic carbocycles. The van der Waals surface area contributed by atoms with Gasteiger partial charge in [-0.3, -0.25) is 5.10 Å². The molecule has 0 fully saturated rings. The average molecular weight is 291 g/mol. The Morgan fingerprint density at radius 3 is 2.68 bits per heavy atom. The second-order valence-electron chi connectivity index (χ2n) is 4.91. The van der Waals surface area contributed by atoms with E-state index >= 15 is 0 Å². The van der Waals surface area contributed by atoms with Gasteiger partial charge >= 0.3 is 0 Å². The van der Waals surface area contributed by atoms with Crippen LogP contribution in [-0.4, -0.2) is 30.0 Å². The summed E-state index contributed by atoms with van der Waals surface area (Å²) in [5, 5.41) is 23.1. The molecule has 0 radical (unpaired) electrons. The van der Waals surface area contributed by atoms with Gasteiger partial charge < -0.3 is 5.32 Å². The molecule has 0 unspecified atom stereocenters. The predicted molar refractivity (Wildman–Crippen MR) is 82.8 cm³/mol. The molecule has 3 heterocycles. The molecule has 0 aliphatic heterocycles. The van der Waals surface area contributed by atoms with E-state index in [4.69, 9.17) is 0 Å². The first-order valence-electron chi connectivity index (χ1n) is 6.86. The first-order chi connectivity index (χ1) is 10.8. The van der Waals surface area contributed by atoms with Gasteiger partial charge in [0.25, 0.3) is 0 Å². The summed E-state index contributed by atoms with van der Waals surface area (Å²) < 4.78 is 1.73. The number of aromatic nitrogens is 6. The van der Waals surface area contributed by atoms with Crippen LogP contribution in [0.1, 0.15) is 5.69 Å². The molecule has 0 spiro atoms. The van der Waals surface area contributed by atoms with Crippen molar-refractivity contribution in [3.05, 3.63) is 54.4 Å². The van der Waals surface area contributed by atoms with E-state index in [0.717, 1.165) is 16.9 Å². The van der Waals surface area contributed by atoms with E-state index in [9.17, 15) is 0 Å². The molecule has 0 saturated heterocycles. The van der Waals surface area contributed by atoms with E-state index in [1.165, 1.54) is 0 Å². The van der Waals surface area contributed by atoms with Gasteiger partial charge in [0.2, 0.25) is 0 Å². The number of benzene rings is 1. The number of aryl methyl sites for hydroxylation is 1. The van der Waals surface area contributed by atoms with Crippen molar-refractivity contribution in [2.24, 2.45) is 0 Å². The lowest BCUT2D eigenvalue weighted by molar-refractivity contribution is 0.941. The minimum atomic E-state index is 0.702. The molecule has 0 saturated carbocycles. The molecule has 4 aromatic rings. The first-order valence-corrected chi connectivity index (χ1v) is 6.86. The number of fused-ring (bicyclic) bond motifs is 1. The Labute approximate surface area is 126 Å². The molecule has 7 nitrogen and oxygen atoms in total. The van der Waals surface area contributed by atoms with Gasteiger partial charge in [-0.05, 0) is 19.1 Å². The monoisotopic (exact) mass is 291 g/mol. The molecule has 0 aliphatic carbocycles. The summed E-state index contributed by atoms with van der Waals surface area (Å²) in [5.41, 5.74) is 3.52. The normalized spacial score (nSPS) is 11.0. The third-order valence-corrected chi connectivity index (χ3v) is 3.39. The highest BCUT2D eigenvalue weighted by Crippen LogP contribution is 2.20. The maximum atomic E-state index is 4.57. The highest BCUT2D eigenvalue weighted by Gasteiger charge is 2.10. The van der Waals surface area contributed by atoms with Gasteiger partial charge in [0.1, 0.15) is 0 Å². The zero-order valence-electron chi connectivity index (χ0n) is 11.9. The van der Waals surface area contributed by atoms with Crippen LogP contribution in [0.5, 0.6) is 0 Å². The van der Waals surface area contributed by atoms with Crippen LogP contribution in [0.3, 0.4) is 0 Å². The summed E-state index contributed by atoms with van der Waals surface area (Å²) in [6.07, 6.45) is 1.73. The Hall–Kier alpha value is -3.22. The fraction of sp³-hybridized carbons (Fsp3) is 0.0667. The van der Waals surface area contributed by atoms with Gasteiger partial charge in [-0.1, -0.05) is 30.3 Å². The third kappa shape index (κ3) is 2.08. The molecule has 0 atom stereocenters. The van der Waals surface area contributed by atoms with E-state index in [1.807, 2.05) is 49.4 Å². The number of nitrogens with zero attached hydrogens (tertiary/aromatic N) is 5. The molecule has 0 amide bonds. The molecule has 22 heavy (non-hydrogen) atoms. The number of hydrogen-bond acceptors (Lipinski definition) is 5. The Morgan fingerprint density at radius 1 is 1.05 bits per heavy atom. The third-order valence-electron chi connectivity index (χ3n) is 3.39. The lowest BCUT2D eigenvalue weighted by Gasteiger charge is -2.05. The van der Waals surface area contributed by atoms with Gasteiger partial charge in [0, 0.05) is 5.56 Å². The van der Waals surface area contributed by atoms with Crippen molar-refractivity contribution in [1.82, 2.24) is 30.0 Å². The van der Waals surface area contributed by atoms with Crippen LogP contribution in [0.25, 0.3) is 17.0 Å². The van der Waals surface area contributed by atoms with Crippen LogP contribution in [0, 0.1) is 6.92 Å². The van der Waals surface area contributed by atoms with Crippen molar-refractivity contribution >= 4 is 17.2 Å². The predicted octanol–water partition coefficient (Wildman–Crippen LogP) is 2.57. The second kappa shape index (κ2) is 4.96. The smallest absolute Gasteiger partial charge is 0.185 e. The second-order valence-corrected chi connectivity index (χ2v) is 4.91. The van der Waals surface area contributed by atoms with Crippen LogP contribution in [0.2, 0.25) is 0 Å². The molecular formula is C15H13N7. The average Bonchev–Trinajstić information content (AvgIpc) is 3.15. The Balaban J connectivity index is 1.78. The van der Waals surface area contributed by atoms with Crippen LogP contribution < -0.4 is 5.32 Å². The molecule has 2 N–H and O–H groups in total. The Bertz CT molecular complexity index is 923. The summed E-state index contributed by atoms with van der Waals surface area (Å²) in [7, 11) is 0. The molecule has 4 rings (SSSR count). The standard InChI is InChI=1S/C15H13N7/c1-10-12(9-16-18-10)17-13-7-8-14-19-20-15(22(14)21-13)11-5-3-2-4-6-11/h2-9H,1H3,(H,16,18)(H,17,21). The highest BCUT2D eigenvalue weighted by molar-refractivity contribution is 5.62. The number of hydrogen-bond donors (Lipinski definition) is 2. The minimum absolute atomic E-state index is 0.702. The lowest BCUT2D eigenvalue weighted by atomic mass is 10.2.